The predicted octanol–water partition coefficient (Wildman–Crippen LogP) is 2.04. The second kappa shape index (κ2) is 4.84. The van der Waals surface area contributed by atoms with Crippen LogP contribution in [-0.2, 0) is 4.74 Å². The highest BCUT2D eigenvalue weighted by molar-refractivity contribution is 5.68. The summed E-state index contributed by atoms with van der Waals surface area (Å²) in [5.41, 5.74) is -0.410. The van der Waals surface area contributed by atoms with Gasteiger partial charge in [-0.1, -0.05) is 0 Å². The van der Waals surface area contributed by atoms with Gasteiger partial charge in [0.25, 0.3) is 0 Å². The summed E-state index contributed by atoms with van der Waals surface area (Å²) in [6, 6.07) is 0.895. The van der Waals surface area contributed by atoms with Crippen molar-refractivity contribution in [2.24, 2.45) is 5.92 Å². The lowest BCUT2D eigenvalue weighted by Gasteiger charge is -2.31. The molecule has 4 heteroatoms. The van der Waals surface area contributed by atoms with Crippen LogP contribution in [0.5, 0.6) is 0 Å². The van der Waals surface area contributed by atoms with E-state index in [0.29, 0.717) is 18.0 Å². The Kier molecular flexibility index (Phi) is 3.61. The lowest BCUT2D eigenvalue weighted by atomic mass is 9.91. The van der Waals surface area contributed by atoms with Gasteiger partial charge in [0, 0.05) is 12.1 Å². The van der Waals surface area contributed by atoms with E-state index in [4.69, 9.17) is 4.74 Å². The lowest BCUT2D eigenvalue weighted by molar-refractivity contribution is 0.0487. The van der Waals surface area contributed by atoms with E-state index in [2.05, 4.69) is 10.6 Å². The minimum Gasteiger partial charge on any atom is -0.444 e. The number of alkyl carbamates (subject to hydrolysis) is 1. The third-order valence-electron chi connectivity index (χ3n) is 3.65. The van der Waals surface area contributed by atoms with Crippen LogP contribution in [0.4, 0.5) is 4.79 Å². The number of rotatable bonds is 1. The number of hydrogen-bond donors (Lipinski definition) is 2. The third-order valence-corrected chi connectivity index (χ3v) is 3.65. The second-order valence-electron chi connectivity index (χ2n) is 6.20. The number of nitrogens with one attached hydrogen (secondary N) is 2. The van der Waals surface area contributed by atoms with Gasteiger partial charge in [0.15, 0.2) is 0 Å². The topological polar surface area (TPSA) is 50.4 Å². The number of amides is 1. The van der Waals surface area contributed by atoms with Crippen LogP contribution >= 0.6 is 0 Å². The molecule has 0 bridgehead atoms. The average Bonchev–Trinajstić information content (AvgIpc) is 2.59. The number of carbonyl (C=O) groups is 1. The zero-order chi connectivity index (χ0) is 12.5. The van der Waals surface area contributed by atoms with Gasteiger partial charge in [-0.05, 0) is 58.9 Å². The summed E-state index contributed by atoms with van der Waals surface area (Å²) < 4.78 is 5.31. The largest absolute Gasteiger partial charge is 0.444 e. The molecule has 0 aromatic rings. The van der Waals surface area contributed by atoms with E-state index in [1.54, 1.807) is 0 Å². The van der Waals surface area contributed by atoms with Gasteiger partial charge < -0.3 is 15.4 Å². The van der Waals surface area contributed by atoms with Crippen molar-refractivity contribution in [1.82, 2.24) is 10.6 Å². The summed E-state index contributed by atoms with van der Waals surface area (Å²) in [4.78, 5) is 11.7. The minimum atomic E-state index is -0.410. The van der Waals surface area contributed by atoms with Crippen LogP contribution < -0.4 is 10.6 Å². The zero-order valence-electron chi connectivity index (χ0n) is 11.1. The average molecular weight is 240 g/mol. The Labute approximate surface area is 103 Å². The molecule has 1 amide bonds. The SMILES string of the molecule is CC(C)(C)OC(=O)N[C@H]1CC[C@@H]2NCCC[C@@H]21. The summed E-state index contributed by atoms with van der Waals surface area (Å²) in [5.74, 6) is 0.594. The van der Waals surface area contributed by atoms with Gasteiger partial charge in [-0.25, -0.2) is 4.79 Å². The molecule has 1 heterocycles. The molecular formula is C13H24N2O2. The van der Waals surface area contributed by atoms with Crippen molar-refractivity contribution in [2.45, 2.75) is 64.1 Å². The Hall–Kier alpha value is -0.770. The van der Waals surface area contributed by atoms with E-state index in [1.807, 2.05) is 20.8 Å². The highest BCUT2D eigenvalue weighted by Gasteiger charge is 2.38. The fourth-order valence-electron chi connectivity index (χ4n) is 2.99. The summed E-state index contributed by atoms with van der Waals surface area (Å²) >= 11 is 0. The number of ether oxygens (including phenoxy) is 1. The molecule has 0 unspecified atom stereocenters. The Morgan fingerprint density at radius 2 is 2.06 bits per heavy atom. The second-order valence-corrected chi connectivity index (χ2v) is 6.20. The van der Waals surface area contributed by atoms with E-state index in [1.165, 1.54) is 19.3 Å². The summed E-state index contributed by atoms with van der Waals surface area (Å²) in [6.07, 6.45) is 4.41. The van der Waals surface area contributed by atoms with Gasteiger partial charge >= 0.3 is 6.09 Å². The molecule has 17 heavy (non-hydrogen) atoms. The van der Waals surface area contributed by atoms with Crippen molar-refractivity contribution in [3.05, 3.63) is 0 Å². The zero-order valence-corrected chi connectivity index (χ0v) is 11.1. The maximum Gasteiger partial charge on any atom is 0.407 e. The van der Waals surface area contributed by atoms with Crippen LogP contribution in [0, 0.1) is 5.92 Å². The van der Waals surface area contributed by atoms with Crippen LogP contribution in [0.25, 0.3) is 0 Å². The van der Waals surface area contributed by atoms with Crippen LogP contribution in [0.15, 0.2) is 0 Å². The van der Waals surface area contributed by atoms with E-state index >= 15 is 0 Å². The van der Waals surface area contributed by atoms with Gasteiger partial charge in [-0.2, -0.15) is 0 Å². The molecule has 1 aliphatic heterocycles. The first kappa shape index (κ1) is 12.7. The van der Waals surface area contributed by atoms with Crippen molar-refractivity contribution in [1.29, 1.82) is 0 Å². The minimum absolute atomic E-state index is 0.270. The molecule has 0 spiro atoms. The molecule has 2 N–H and O–H groups in total. The molecule has 0 radical (unpaired) electrons. The number of hydrogen-bond acceptors (Lipinski definition) is 3. The molecule has 0 aromatic heterocycles. The third kappa shape index (κ3) is 3.35. The van der Waals surface area contributed by atoms with Gasteiger partial charge in [-0.3, -0.25) is 0 Å². The van der Waals surface area contributed by atoms with Crippen molar-refractivity contribution in [2.75, 3.05) is 6.54 Å². The molecule has 0 aromatic carbocycles. The molecule has 2 rings (SSSR count). The monoisotopic (exact) mass is 240 g/mol. The fraction of sp³-hybridized carbons (Fsp3) is 0.923. The Balaban J connectivity index is 1.85. The van der Waals surface area contributed by atoms with Crippen LogP contribution in [0.2, 0.25) is 0 Å². The maximum absolute atomic E-state index is 11.7. The van der Waals surface area contributed by atoms with Crippen molar-refractivity contribution < 1.29 is 9.53 Å². The number of fused-ring (bicyclic) bond motifs is 1. The number of piperidine rings is 1. The molecule has 98 valence electrons. The smallest absolute Gasteiger partial charge is 0.407 e. The molecular weight excluding hydrogens is 216 g/mol. The normalized spacial score (nSPS) is 33.0. The Morgan fingerprint density at radius 3 is 2.76 bits per heavy atom. The molecule has 2 fully saturated rings. The van der Waals surface area contributed by atoms with E-state index in [0.717, 1.165) is 13.0 Å². The quantitative estimate of drug-likeness (QED) is 0.737. The lowest BCUT2D eigenvalue weighted by Crippen LogP contribution is -2.47. The van der Waals surface area contributed by atoms with Crippen LogP contribution in [0.3, 0.4) is 0 Å². The van der Waals surface area contributed by atoms with Gasteiger partial charge in [-0.15, -0.1) is 0 Å². The fourth-order valence-corrected chi connectivity index (χ4v) is 2.99. The first-order valence-corrected chi connectivity index (χ1v) is 6.68. The molecule has 4 nitrogen and oxygen atoms in total. The summed E-state index contributed by atoms with van der Waals surface area (Å²) in [6.45, 7) is 6.81. The van der Waals surface area contributed by atoms with Gasteiger partial charge in [0.05, 0.1) is 0 Å². The predicted molar refractivity (Wildman–Crippen MR) is 66.9 cm³/mol. The number of carbonyl (C=O) groups excluding carboxylic acids is 1. The molecule has 2 aliphatic rings. The summed E-state index contributed by atoms with van der Waals surface area (Å²) in [7, 11) is 0. The van der Waals surface area contributed by atoms with Crippen molar-refractivity contribution in [3.8, 4) is 0 Å². The molecule has 1 saturated carbocycles. The van der Waals surface area contributed by atoms with Gasteiger partial charge in [0.2, 0.25) is 0 Å². The van der Waals surface area contributed by atoms with Crippen molar-refractivity contribution >= 4 is 6.09 Å². The van der Waals surface area contributed by atoms with Crippen molar-refractivity contribution in [3.63, 3.8) is 0 Å². The van der Waals surface area contributed by atoms with Gasteiger partial charge in [0.1, 0.15) is 5.60 Å². The molecule has 1 aliphatic carbocycles. The first-order valence-electron chi connectivity index (χ1n) is 6.68. The standard InChI is InChI=1S/C13H24N2O2/c1-13(2,3)17-12(16)15-11-7-6-10-9(11)5-4-8-14-10/h9-11,14H,4-8H2,1-3H3,(H,15,16)/t9-,10-,11-/m0/s1. The first-order chi connectivity index (χ1) is 7.96. The van der Waals surface area contributed by atoms with Crippen LogP contribution in [0.1, 0.15) is 46.5 Å². The Bertz CT molecular complexity index is 286. The molecule has 3 atom stereocenters. The van der Waals surface area contributed by atoms with E-state index in [9.17, 15) is 4.79 Å². The molecule has 1 saturated heterocycles. The highest BCUT2D eigenvalue weighted by Crippen LogP contribution is 2.32. The van der Waals surface area contributed by atoms with E-state index < -0.39 is 5.60 Å². The van der Waals surface area contributed by atoms with E-state index in [-0.39, 0.29) is 6.09 Å². The Morgan fingerprint density at radius 1 is 1.29 bits per heavy atom. The van der Waals surface area contributed by atoms with Crippen LogP contribution in [-0.4, -0.2) is 30.3 Å². The highest BCUT2D eigenvalue weighted by atomic mass is 16.6. The maximum atomic E-state index is 11.7. The summed E-state index contributed by atoms with van der Waals surface area (Å²) in [5, 5.41) is 6.57.